The van der Waals surface area contributed by atoms with Crippen LogP contribution in [0, 0.1) is 0 Å². The van der Waals surface area contributed by atoms with Gasteiger partial charge in [-0.3, -0.25) is 9.59 Å². The summed E-state index contributed by atoms with van der Waals surface area (Å²) >= 11 is 3.34. The SMILES string of the molecule is O=C1c2cccc(Br)c2C(=O)C1c1ccccc1. The molecule has 1 atom stereocenters. The van der Waals surface area contributed by atoms with Gasteiger partial charge in [0.05, 0.1) is 0 Å². The monoisotopic (exact) mass is 300 g/mol. The molecule has 0 saturated carbocycles. The molecular weight excluding hydrogens is 292 g/mol. The molecule has 1 aliphatic rings. The minimum atomic E-state index is -0.681. The maximum Gasteiger partial charge on any atom is 0.179 e. The Morgan fingerprint density at radius 2 is 1.56 bits per heavy atom. The molecule has 18 heavy (non-hydrogen) atoms. The van der Waals surface area contributed by atoms with Crippen LogP contribution in [0.3, 0.4) is 0 Å². The third kappa shape index (κ3) is 1.55. The number of hydrogen-bond donors (Lipinski definition) is 0. The molecule has 0 bridgehead atoms. The fraction of sp³-hybridized carbons (Fsp3) is 0.0667. The topological polar surface area (TPSA) is 34.1 Å². The lowest BCUT2D eigenvalue weighted by Crippen LogP contribution is -2.12. The first-order chi connectivity index (χ1) is 8.70. The average Bonchev–Trinajstić information content (AvgIpc) is 2.64. The zero-order chi connectivity index (χ0) is 12.7. The minimum absolute atomic E-state index is 0.109. The first-order valence-electron chi connectivity index (χ1n) is 5.62. The van der Waals surface area contributed by atoms with Crippen LogP contribution < -0.4 is 0 Å². The lowest BCUT2D eigenvalue weighted by atomic mass is 9.94. The Labute approximate surface area is 113 Å². The molecule has 0 spiro atoms. The number of halogens is 1. The van der Waals surface area contributed by atoms with Gasteiger partial charge in [-0.15, -0.1) is 0 Å². The Morgan fingerprint density at radius 3 is 2.22 bits per heavy atom. The van der Waals surface area contributed by atoms with Gasteiger partial charge in [0.25, 0.3) is 0 Å². The highest BCUT2D eigenvalue weighted by atomic mass is 79.9. The summed E-state index contributed by atoms with van der Waals surface area (Å²) in [5.41, 5.74) is 1.79. The minimum Gasteiger partial charge on any atom is -0.293 e. The van der Waals surface area contributed by atoms with E-state index >= 15 is 0 Å². The quantitative estimate of drug-likeness (QED) is 0.754. The standard InChI is InChI=1S/C15H9BrO2/c16-11-8-4-7-10-13(11)15(18)12(14(10)17)9-5-2-1-3-6-9/h1-8,12H. The van der Waals surface area contributed by atoms with Gasteiger partial charge in [0.1, 0.15) is 5.92 Å². The molecule has 0 fully saturated rings. The molecule has 0 saturated heterocycles. The van der Waals surface area contributed by atoms with Crippen molar-refractivity contribution in [1.82, 2.24) is 0 Å². The molecule has 0 aromatic heterocycles. The van der Waals surface area contributed by atoms with E-state index in [-0.39, 0.29) is 11.6 Å². The lowest BCUT2D eigenvalue weighted by molar-refractivity contribution is 0.0890. The van der Waals surface area contributed by atoms with Crippen molar-refractivity contribution in [3.8, 4) is 0 Å². The Morgan fingerprint density at radius 1 is 0.833 bits per heavy atom. The third-order valence-corrected chi connectivity index (χ3v) is 3.84. The maximum absolute atomic E-state index is 12.4. The van der Waals surface area contributed by atoms with Crippen LogP contribution in [0.4, 0.5) is 0 Å². The number of carbonyl (C=O) groups is 2. The van der Waals surface area contributed by atoms with Crippen LogP contribution in [0.1, 0.15) is 32.2 Å². The summed E-state index contributed by atoms with van der Waals surface area (Å²) in [5.74, 6) is -0.906. The van der Waals surface area contributed by atoms with Crippen LogP contribution in [0.5, 0.6) is 0 Å². The summed E-state index contributed by atoms with van der Waals surface area (Å²) < 4.78 is 0.691. The van der Waals surface area contributed by atoms with E-state index in [0.717, 1.165) is 5.56 Å². The molecule has 88 valence electrons. The number of carbonyl (C=O) groups excluding carboxylic acids is 2. The molecule has 2 aromatic carbocycles. The predicted molar refractivity (Wildman–Crippen MR) is 72.0 cm³/mol. The summed E-state index contributed by atoms with van der Waals surface area (Å²) in [6, 6.07) is 14.5. The van der Waals surface area contributed by atoms with Gasteiger partial charge < -0.3 is 0 Å². The molecule has 3 heteroatoms. The van der Waals surface area contributed by atoms with Gasteiger partial charge in [-0.05, 0) is 11.6 Å². The average molecular weight is 301 g/mol. The Kier molecular flexibility index (Phi) is 2.63. The highest BCUT2D eigenvalue weighted by molar-refractivity contribution is 9.10. The summed E-state index contributed by atoms with van der Waals surface area (Å²) in [6.07, 6.45) is 0. The third-order valence-electron chi connectivity index (χ3n) is 3.18. The largest absolute Gasteiger partial charge is 0.293 e. The van der Waals surface area contributed by atoms with Gasteiger partial charge in [-0.1, -0.05) is 58.4 Å². The maximum atomic E-state index is 12.4. The van der Waals surface area contributed by atoms with Crippen molar-refractivity contribution >= 4 is 27.5 Å². The van der Waals surface area contributed by atoms with Crippen LogP contribution in [0.25, 0.3) is 0 Å². The smallest absolute Gasteiger partial charge is 0.179 e. The van der Waals surface area contributed by atoms with E-state index in [1.807, 2.05) is 30.3 Å². The molecule has 0 heterocycles. The highest BCUT2D eigenvalue weighted by Gasteiger charge is 2.40. The fourth-order valence-electron chi connectivity index (χ4n) is 2.35. The van der Waals surface area contributed by atoms with Gasteiger partial charge >= 0.3 is 0 Å². The molecular formula is C15H9BrO2. The van der Waals surface area contributed by atoms with Crippen molar-refractivity contribution in [3.63, 3.8) is 0 Å². The van der Waals surface area contributed by atoms with Crippen molar-refractivity contribution in [2.24, 2.45) is 0 Å². The molecule has 3 rings (SSSR count). The second kappa shape index (κ2) is 4.18. The van der Waals surface area contributed by atoms with Gasteiger partial charge in [0.15, 0.2) is 11.6 Å². The molecule has 1 unspecified atom stereocenters. The predicted octanol–water partition coefficient (Wildman–Crippen LogP) is 3.61. The number of fused-ring (bicyclic) bond motifs is 1. The summed E-state index contributed by atoms with van der Waals surface area (Å²) in [4.78, 5) is 24.7. The van der Waals surface area contributed by atoms with E-state index in [0.29, 0.717) is 15.6 Å². The zero-order valence-electron chi connectivity index (χ0n) is 9.39. The first-order valence-corrected chi connectivity index (χ1v) is 6.41. The van der Waals surface area contributed by atoms with Gasteiger partial charge in [0.2, 0.25) is 0 Å². The molecule has 2 aromatic rings. The molecule has 2 nitrogen and oxygen atoms in total. The van der Waals surface area contributed by atoms with E-state index < -0.39 is 5.92 Å². The van der Waals surface area contributed by atoms with Crippen LogP contribution in [0.15, 0.2) is 53.0 Å². The Balaban J connectivity index is 2.17. The van der Waals surface area contributed by atoms with Crippen LogP contribution in [0.2, 0.25) is 0 Å². The zero-order valence-corrected chi connectivity index (χ0v) is 11.0. The van der Waals surface area contributed by atoms with E-state index in [1.165, 1.54) is 0 Å². The Hall–Kier alpha value is -1.74. The number of benzene rings is 2. The molecule has 1 aliphatic carbocycles. The second-order valence-corrected chi connectivity index (χ2v) is 5.09. The summed E-state index contributed by atoms with van der Waals surface area (Å²) in [7, 11) is 0. The molecule has 0 aliphatic heterocycles. The number of rotatable bonds is 1. The Bertz CT molecular complexity index is 647. The van der Waals surface area contributed by atoms with Crippen molar-refractivity contribution in [3.05, 3.63) is 69.7 Å². The van der Waals surface area contributed by atoms with E-state index in [2.05, 4.69) is 15.9 Å². The van der Waals surface area contributed by atoms with Crippen molar-refractivity contribution in [1.29, 1.82) is 0 Å². The molecule has 0 radical (unpaired) electrons. The first kappa shape index (κ1) is 11.4. The van der Waals surface area contributed by atoms with Gasteiger partial charge in [0, 0.05) is 15.6 Å². The number of hydrogen-bond acceptors (Lipinski definition) is 2. The number of Topliss-reactive ketones (excluding diaryl/α,β-unsaturated/α-hetero) is 2. The van der Waals surface area contributed by atoms with Crippen molar-refractivity contribution < 1.29 is 9.59 Å². The van der Waals surface area contributed by atoms with Crippen molar-refractivity contribution in [2.45, 2.75) is 5.92 Å². The second-order valence-electron chi connectivity index (χ2n) is 4.23. The van der Waals surface area contributed by atoms with Crippen LogP contribution >= 0.6 is 15.9 Å². The molecule has 0 amide bonds. The summed E-state index contributed by atoms with van der Waals surface area (Å²) in [6.45, 7) is 0. The fourth-order valence-corrected chi connectivity index (χ4v) is 2.91. The highest BCUT2D eigenvalue weighted by Crippen LogP contribution is 2.37. The van der Waals surface area contributed by atoms with E-state index in [1.54, 1.807) is 18.2 Å². The number of ketones is 2. The lowest BCUT2D eigenvalue weighted by Gasteiger charge is -2.06. The van der Waals surface area contributed by atoms with Gasteiger partial charge in [-0.25, -0.2) is 0 Å². The van der Waals surface area contributed by atoms with E-state index in [9.17, 15) is 9.59 Å². The van der Waals surface area contributed by atoms with E-state index in [4.69, 9.17) is 0 Å². The van der Waals surface area contributed by atoms with Gasteiger partial charge in [-0.2, -0.15) is 0 Å². The molecule has 0 N–H and O–H groups in total. The van der Waals surface area contributed by atoms with Crippen LogP contribution in [-0.4, -0.2) is 11.6 Å². The van der Waals surface area contributed by atoms with Crippen LogP contribution in [-0.2, 0) is 0 Å². The normalized spacial score (nSPS) is 17.9. The summed E-state index contributed by atoms with van der Waals surface area (Å²) in [5, 5.41) is 0. The van der Waals surface area contributed by atoms with Crippen molar-refractivity contribution in [2.75, 3.05) is 0 Å².